The minimum absolute atomic E-state index is 0.806. The normalized spacial score (nSPS) is 16.2. The van der Waals surface area contributed by atoms with Crippen molar-refractivity contribution in [3.8, 4) is 0 Å². The molecule has 0 aromatic heterocycles. The van der Waals surface area contributed by atoms with Crippen molar-refractivity contribution in [2.45, 2.75) is 52.9 Å². The van der Waals surface area contributed by atoms with E-state index in [1.807, 2.05) is 12.1 Å². The van der Waals surface area contributed by atoms with E-state index in [4.69, 9.17) is 0 Å². The molecule has 0 saturated carbocycles. The molecule has 0 bridgehead atoms. The van der Waals surface area contributed by atoms with E-state index < -0.39 is 0 Å². The first-order chi connectivity index (χ1) is 8.65. The van der Waals surface area contributed by atoms with Crippen molar-refractivity contribution in [1.82, 2.24) is 0 Å². The van der Waals surface area contributed by atoms with Crippen molar-refractivity contribution in [3.63, 3.8) is 0 Å². The molecule has 0 aliphatic carbocycles. The molecule has 1 aromatic carbocycles. The van der Waals surface area contributed by atoms with Gasteiger partial charge in [-0.25, -0.2) is 0 Å². The third kappa shape index (κ3) is 5.25. The Morgan fingerprint density at radius 2 is 1.83 bits per heavy atom. The summed E-state index contributed by atoms with van der Waals surface area (Å²) in [6.45, 7) is 11.1. The van der Waals surface area contributed by atoms with E-state index >= 15 is 0 Å². The van der Waals surface area contributed by atoms with Gasteiger partial charge in [-0.3, -0.25) is 0 Å². The van der Waals surface area contributed by atoms with Crippen LogP contribution in [0.1, 0.15) is 52.0 Å². The summed E-state index contributed by atoms with van der Waals surface area (Å²) >= 11 is 0. The van der Waals surface area contributed by atoms with Gasteiger partial charge < -0.3 is 0 Å². The summed E-state index contributed by atoms with van der Waals surface area (Å²) < 4.78 is 0. The molecular weight excluding hydrogens is 216 g/mol. The van der Waals surface area contributed by atoms with Gasteiger partial charge in [0.15, 0.2) is 0 Å². The molecule has 0 aliphatic heterocycles. The molecule has 18 heavy (non-hydrogen) atoms. The summed E-state index contributed by atoms with van der Waals surface area (Å²) in [6.07, 6.45) is 6.10. The molecule has 0 fully saturated rings. The second-order valence-electron chi connectivity index (χ2n) is 5.74. The first kappa shape index (κ1) is 15.3. The summed E-state index contributed by atoms with van der Waals surface area (Å²) in [5, 5.41) is 0. The highest BCUT2D eigenvalue weighted by atomic mass is 14.2. The van der Waals surface area contributed by atoms with Crippen LogP contribution >= 0.6 is 0 Å². The highest BCUT2D eigenvalue weighted by Crippen LogP contribution is 2.27. The van der Waals surface area contributed by atoms with Crippen molar-refractivity contribution in [3.05, 3.63) is 42.8 Å². The topological polar surface area (TPSA) is 0 Å². The maximum Gasteiger partial charge on any atom is -0.0149 e. The van der Waals surface area contributed by atoms with Crippen molar-refractivity contribution in [2.75, 3.05) is 0 Å². The monoisotopic (exact) mass is 244 g/mol. The maximum atomic E-state index is 3.97. The largest absolute Gasteiger partial charge is 0.0622 e. The maximum absolute atomic E-state index is 3.97. The third-order valence-corrected chi connectivity index (χ3v) is 4.33. The van der Waals surface area contributed by atoms with E-state index in [1.165, 1.54) is 31.2 Å². The smallest absolute Gasteiger partial charge is 0.0149 e. The molecule has 3 atom stereocenters. The van der Waals surface area contributed by atoms with Crippen LogP contribution in [0.5, 0.6) is 0 Å². The average molecular weight is 244 g/mol. The van der Waals surface area contributed by atoms with Crippen LogP contribution in [0.15, 0.2) is 24.3 Å². The van der Waals surface area contributed by atoms with Gasteiger partial charge in [0.05, 0.1) is 0 Å². The fraction of sp³-hybridized carbons (Fsp3) is 0.611. The Kier molecular flexibility index (Phi) is 7.08. The van der Waals surface area contributed by atoms with Gasteiger partial charge in [-0.1, -0.05) is 71.2 Å². The summed E-state index contributed by atoms with van der Waals surface area (Å²) in [7, 11) is 0. The number of aryl methyl sites for hydroxylation is 1. The SMILES string of the molecule is [CH2]CCC(C)C(C)C(C)CCCc1[c]cccc1. The predicted molar refractivity (Wildman–Crippen MR) is 80.3 cm³/mol. The first-order valence-corrected chi connectivity index (χ1v) is 7.40. The van der Waals surface area contributed by atoms with Gasteiger partial charge in [0, 0.05) is 0 Å². The zero-order chi connectivity index (χ0) is 13.4. The zero-order valence-electron chi connectivity index (χ0n) is 12.3. The Labute approximate surface area is 114 Å². The first-order valence-electron chi connectivity index (χ1n) is 7.40. The van der Waals surface area contributed by atoms with E-state index in [0.29, 0.717) is 0 Å². The van der Waals surface area contributed by atoms with Gasteiger partial charge in [-0.15, -0.1) is 0 Å². The molecule has 0 spiro atoms. The Hall–Kier alpha value is -0.780. The fourth-order valence-corrected chi connectivity index (χ4v) is 2.61. The van der Waals surface area contributed by atoms with Crippen LogP contribution in [0.2, 0.25) is 0 Å². The highest BCUT2D eigenvalue weighted by Gasteiger charge is 2.17. The molecule has 100 valence electrons. The molecule has 0 nitrogen and oxygen atoms in total. The standard InChI is InChI=1S/C18H28/c1-5-10-15(2)17(4)16(3)11-9-14-18-12-7-6-8-13-18/h6-8,12,15-17H,1,5,9-11,14H2,2-4H3. The number of hydrogen-bond acceptors (Lipinski definition) is 0. The van der Waals surface area contributed by atoms with Gasteiger partial charge in [0.25, 0.3) is 0 Å². The zero-order valence-corrected chi connectivity index (χ0v) is 12.3. The second kappa shape index (κ2) is 8.34. The average Bonchev–Trinajstić information content (AvgIpc) is 2.39. The van der Waals surface area contributed by atoms with E-state index in [1.54, 1.807) is 0 Å². The molecule has 1 aromatic rings. The molecule has 0 heterocycles. The van der Waals surface area contributed by atoms with Crippen LogP contribution in [-0.4, -0.2) is 0 Å². The molecule has 1 rings (SSSR count). The lowest BCUT2D eigenvalue weighted by molar-refractivity contribution is 0.252. The quantitative estimate of drug-likeness (QED) is 0.579. The minimum Gasteiger partial charge on any atom is -0.0622 e. The second-order valence-corrected chi connectivity index (χ2v) is 5.74. The lowest BCUT2D eigenvalue weighted by atomic mass is 9.80. The molecular formula is C18H28. The molecule has 0 heteroatoms. The Bertz CT molecular complexity index is 301. The highest BCUT2D eigenvalue weighted by molar-refractivity contribution is 5.12. The lowest BCUT2D eigenvalue weighted by Gasteiger charge is -2.26. The molecule has 3 unspecified atom stereocenters. The van der Waals surface area contributed by atoms with Crippen molar-refractivity contribution in [1.29, 1.82) is 0 Å². The van der Waals surface area contributed by atoms with Crippen molar-refractivity contribution in [2.24, 2.45) is 17.8 Å². The molecule has 0 N–H and O–H groups in total. The van der Waals surface area contributed by atoms with Crippen LogP contribution in [-0.2, 0) is 6.42 Å². The van der Waals surface area contributed by atoms with E-state index in [0.717, 1.165) is 24.2 Å². The molecule has 0 aliphatic rings. The van der Waals surface area contributed by atoms with Crippen LogP contribution in [0.3, 0.4) is 0 Å². The Morgan fingerprint density at radius 3 is 2.44 bits per heavy atom. The lowest BCUT2D eigenvalue weighted by Crippen LogP contribution is -2.16. The van der Waals surface area contributed by atoms with Crippen LogP contribution in [0.4, 0.5) is 0 Å². The van der Waals surface area contributed by atoms with E-state index in [9.17, 15) is 0 Å². The molecule has 0 saturated heterocycles. The minimum atomic E-state index is 0.806. The van der Waals surface area contributed by atoms with Crippen LogP contribution in [0, 0.1) is 30.7 Å². The molecule has 0 amide bonds. The summed E-state index contributed by atoms with van der Waals surface area (Å²) in [5.41, 5.74) is 1.35. The number of benzene rings is 1. The number of hydrogen-bond donors (Lipinski definition) is 0. The fourth-order valence-electron chi connectivity index (χ4n) is 2.61. The number of rotatable bonds is 8. The Morgan fingerprint density at radius 1 is 1.11 bits per heavy atom. The van der Waals surface area contributed by atoms with Crippen LogP contribution in [0.25, 0.3) is 0 Å². The van der Waals surface area contributed by atoms with E-state index in [-0.39, 0.29) is 0 Å². The summed E-state index contributed by atoms with van der Waals surface area (Å²) in [4.78, 5) is 0. The van der Waals surface area contributed by atoms with Crippen LogP contribution < -0.4 is 0 Å². The van der Waals surface area contributed by atoms with Crippen molar-refractivity contribution < 1.29 is 0 Å². The Balaban J connectivity index is 2.26. The van der Waals surface area contributed by atoms with Crippen molar-refractivity contribution >= 4 is 0 Å². The summed E-state index contributed by atoms with van der Waals surface area (Å²) in [6, 6.07) is 11.6. The molecule has 2 radical (unpaired) electrons. The van der Waals surface area contributed by atoms with Gasteiger partial charge in [0.1, 0.15) is 0 Å². The van der Waals surface area contributed by atoms with E-state index in [2.05, 4.69) is 45.9 Å². The predicted octanol–water partition coefficient (Wildman–Crippen LogP) is 5.33. The summed E-state index contributed by atoms with van der Waals surface area (Å²) in [5.74, 6) is 2.43. The third-order valence-electron chi connectivity index (χ3n) is 4.33. The van der Waals surface area contributed by atoms with Gasteiger partial charge in [0.2, 0.25) is 0 Å². The van der Waals surface area contributed by atoms with Gasteiger partial charge >= 0.3 is 0 Å². The van der Waals surface area contributed by atoms with Gasteiger partial charge in [-0.2, -0.15) is 0 Å². The van der Waals surface area contributed by atoms with Gasteiger partial charge in [-0.05, 0) is 42.2 Å².